The van der Waals surface area contributed by atoms with Crippen LogP contribution in [0.4, 0.5) is 5.69 Å². The molecule has 1 aromatic heterocycles. The third-order valence-electron chi connectivity index (χ3n) is 3.69. The molecule has 3 nitrogen and oxygen atoms in total. The zero-order chi connectivity index (χ0) is 14.5. The molecule has 4 heteroatoms. The SMILES string of the molecule is CSCCC(C)N(C)c1cc(CO)nc2ccccc12. The summed E-state index contributed by atoms with van der Waals surface area (Å²) in [6.45, 7) is 2.22. The van der Waals surface area contributed by atoms with Crippen molar-refractivity contribution < 1.29 is 5.11 Å². The van der Waals surface area contributed by atoms with Gasteiger partial charge in [0.15, 0.2) is 0 Å². The lowest BCUT2D eigenvalue weighted by Gasteiger charge is -2.28. The Morgan fingerprint density at radius 3 is 2.80 bits per heavy atom. The Morgan fingerprint density at radius 1 is 1.35 bits per heavy atom. The summed E-state index contributed by atoms with van der Waals surface area (Å²) in [6, 6.07) is 10.6. The molecule has 0 aliphatic carbocycles. The number of aliphatic hydroxyl groups is 1. The Morgan fingerprint density at radius 2 is 2.10 bits per heavy atom. The number of aliphatic hydroxyl groups excluding tert-OH is 1. The number of anilines is 1. The Bertz CT molecular complexity index is 573. The summed E-state index contributed by atoms with van der Waals surface area (Å²) in [5.74, 6) is 1.15. The highest BCUT2D eigenvalue weighted by atomic mass is 32.2. The van der Waals surface area contributed by atoms with E-state index in [2.05, 4.69) is 36.2 Å². The van der Waals surface area contributed by atoms with Crippen molar-refractivity contribution in [3.8, 4) is 0 Å². The van der Waals surface area contributed by atoms with Crippen LogP contribution in [0.15, 0.2) is 30.3 Å². The maximum atomic E-state index is 9.40. The van der Waals surface area contributed by atoms with E-state index in [1.54, 1.807) is 0 Å². The molecule has 0 amide bonds. The van der Waals surface area contributed by atoms with Crippen LogP contribution in [0.25, 0.3) is 10.9 Å². The normalized spacial score (nSPS) is 12.6. The van der Waals surface area contributed by atoms with Gasteiger partial charge in [-0.2, -0.15) is 11.8 Å². The second-order valence-electron chi connectivity index (χ2n) is 5.05. The number of aromatic nitrogens is 1. The van der Waals surface area contributed by atoms with Crippen molar-refractivity contribution in [1.29, 1.82) is 0 Å². The third-order valence-corrected chi connectivity index (χ3v) is 4.33. The fourth-order valence-corrected chi connectivity index (χ4v) is 2.88. The fourth-order valence-electron chi connectivity index (χ4n) is 2.30. The predicted octanol–water partition coefficient (Wildman–Crippen LogP) is 3.30. The van der Waals surface area contributed by atoms with E-state index in [1.807, 2.05) is 36.0 Å². The molecule has 1 atom stereocenters. The minimum atomic E-state index is -0.0229. The second kappa shape index (κ2) is 6.95. The molecule has 0 bridgehead atoms. The van der Waals surface area contributed by atoms with Gasteiger partial charge in [-0.15, -0.1) is 0 Å². The van der Waals surface area contributed by atoms with E-state index in [0.29, 0.717) is 6.04 Å². The smallest absolute Gasteiger partial charge is 0.0854 e. The number of hydrogen-bond donors (Lipinski definition) is 1. The number of para-hydroxylation sites is 1. The zero-order valence-electron chi connectivity index (χ0n) is 12.3. The molecule has 1 N–H and O–H groups in total. The van der Waals surface area contributed by atoms with Gasteiger partial charge in [0.1, 0.15) is 0 Å². The van der Waals surface area contributed by atoms with E-state index in [9.17, 15) is 5.11 Å². The van der Waals surface area contributed by atoms with Crippen molar-refractivity contribution >= 4 is 28.4 Å². The van der Waals surface area contributed by atoms with Crippen molar-refractivity contribution in [2.45, 2.75) is 26.0 Å². The predicted molar refractivity (Wildman–Crippen MR) is 88.5 cm³/mol. The number of nitrogens with zero attached hydrogens (tertiary/aromatic N) is 2. The molecule has 0 spiro atoms. The van der Waals surface area contributed by atoms with Gasteiger partial charge in [0.25, 0.3) is 0 Å². The van der Waals surface area contributed by atoms with Crippen molar-refractivity contribution in [2.75, 3.05) is 24.0 Å². The molecule has 1 unspecified atom stereocenters. The maximum absolute atomic E-state index is 9.40. The topological polar surface area (TPSA) is 36.4 Å². The second-order valence-corrected chi connectivity index (χ2v) is 6.03. The lowest BCUT2D eigenvalue weighted by atomic mass is 10.1. The van der Waals surface area contributed by atoms with Crippen LogP contribution in [-0.2, 0) is 6.61 Å². The van der Waals surface area contributed by atoms with Crippen LogP contribution in [0.1, 0.15) is 19.0 Å². The molecule has 20 heavy (non-hydrogen) atoms. The van der Waals surface area contributed by atoms with Gasteiger partial charge in [-0.1, -0.05) is 18.2 Å². The third kappa shape index (κ3) is 3.25. The molecule has 1 heterocycles. The first-order chi connectivity index (χ1) is 9.67. The fraction of sp³-hybridized carbons (Fsp3) is 0.438. The van der Waals surface area contributed by atoms with Crippen LogP contribution >= 0.6 is 11.8 Å². The Kier molecular flexibility index (Phi) is 5.26. The van der Waals surface area contributed by atoms with Crippen LogP contribution in [-0.4, -0.2) is 35.2 Å². The van der Waals surface area contributed by atoms with Crippen molar-refractivity contribution in [2.24, 2.45) is 0 Å². The van der Waals surface area contributed by atoms with E-state index >= 15 is 0 Å². The van der Waals surface area contributed by atoms with Crippen molar-refractivity contribution in [3.05, 3.63) is 36.0 Å². The van der Waals surface area contributed by atoms with Gasteiger partial charge in [-0.3, -0.25) is 4.98 Å². The quantitative estimate of drug-likeness (QED) is 0.885. The summed E-state index contributed by atoms with van der Waals surface area (Å²) in [4.78, 5) is 6.77. The molecule has 0 aliphatic heterocycles. The number of pyridine rings is 1. The van der Waals surface area contributed by atoms with Crippen LogP contribution in [0, 0.1) is 0 Å². The Labute approximate surface area is 125 Å². The summed E-state index contributed by atoms with van der Waals surface area (Å²) in [5.41, 5.74) is 2.81. The van der Waals surface area contributed by atoms with Gasteiger partial charge in [0, 0.05) is 24.2 Å². The largest absolute Gasteiger partial charge is 0.390 e. The first-order valence-corrected chi connectivity index (χ1v) is 8.28. The van der Waals surface area contributed by atoms with Gasteiger partial charge in [-0.05, 0) is 37.5 Å². The Balaban J connectivity index is 2.41. The van der Waals surface area contributed by atoms with E-state index in [4.69, 9.17) is 0 Å². The number of benzene rings is 1. The molecule has 1 aromatic carbocycles. The van der Waals surface area contributed by atoms with E-state index < -0.39 is 0 Å². The first kappa shape index (κ1) is 15.1. The molecule has 2 rings (SSSR count). The van der Waals surface area contributed by atoms with E-state index in [0.717, 1.165) is 34.5 Å². The molecule has 0 saturated heterocycles. The van der Waals surface area contributed by atoms with Gasteiger partial charge in [0.05, 0.1) is 17.8 Å². The van der Waals surface area contributed by atoms with Gasteiger partial charge >= 0.3 is 0 Å². The summed E-state index contributed by atoms with van der Waals surface area (Å²) >= 11 is 1.87. The highest BCUT2D eigenvalue weighted by Crippen LogP contribution is 2.28. The van der Waals surface area contributed by atoms with Crippen LogP contribution in [0.3, 0.4) is 0 Å². The van der Waals surface area contributed by atoms with Crippen LogP contribution < -0.4 is 4.90 Å². The Hall–Kier alpha value is -1.26. The minimum absolute atomic E-state index is 0.0229. The average Bonchev–Trinajstić information content (AvgIpc) is 2.50. The molecule has 108 valence electrons. The van der Waals surface area contributed by atoms with Crippen molar-refractivity contribution in [1.82, 2.24) is 4.98 Å². The van der Waals surface area contributed by atoms with E-state index in [-0.39, 0.29) is 6.61 Å². The lowest BCUT2D eigenvalue weighted by molar-refractivity contribution is 0.277. The summed E-state index contributed by atoms with van der Waals surface area (Å²) in [7, 11) is 2.12. The first-order valence-electron chi connectivity index (χ1n) is 6.88. The zero-order valence-corrected chi connectivity index (χ0v) is 13.2. The molecular weight excluding hydrogens is 268 g/mol. The maximum Gasteiger partial charge on any atom is 0.0854 e. The average molecular weight is 290 g/mol. The summed E-state index contributed by atoms with van der Waals surface area (Å²) < 4.78 is 0. The molecule has 0 radical (unpaired) electrons. The van der Waals surface area contributed by atoms with Crippen molar-refractivity contribution in [3.63, 3.8) is 0 Å². The number of fused-ring (bicyclic) bond motifs is 1. The minimum Gasteiger partial charge on any atom is -0.390 e. The van der Waals surface area contributed by atoms with Crippen LogP contribution in [0.5, 0.6) is 0 Å². The molecule has 0 aliphatic rings. The molecule has 0 fully saturated rings. The molecule has 2 aromatic rings. The highest BCUT2D eigenvalue weighted by molar-refractivity contribution is 7.98. The van der Waals surface area contributed by atoms with Crippen LogP contribution in [0.2, 0.25) is 0 Å². The summed E-state index contributed by atoms with van der Waals surface area (Å²) in [6.07, 6.45) is 3.28. The van der Waals surface area contributed by atoms with Gasteiger partial charge in [-0.25, -0.2) is 0 Å². The number of thioether (sulfide) groups is 1. The summed E-state index contributed by atoms with van der Waals surface area (Å²) in [5, 5.41) is 10.5. The number of rotatable bonds is 6. The highest BCUT2D eigenvalue weighted by Gasteiger charge is 2.14. The lowest BCUT2D eigenvalue weighted by Crippen LogP contribution is -2.29. The molecule has 0 saturated carbocycles. The standard InChI is InChI=1S/C16H22N2OS/c1-12(8-9-20-3)18(2)16-10-13(11-19)17-15-7-5-4-6-14(15)16/h4-7,10,12,19H,8-9,11H2,1-3H3. The monoisotopic (exact) mass is 290 g/mol. The van der Waals surface area contributed by atoms with Gasteiger partial charge < -0.3 is 10.0 Å². The van der Waals surface area contributed by atoms with Gasteiger partial charge in [0.2, 0.25) is 0 Å². The molecular formula is C16H22N2OS. The number of hydrogen-bond acceptors (Lipinski definition) is 4. The van der Waals surface area contributed by atoms with E-state index in [1.165, 1.54) is 0 Å².